The van der Waals surface area contributed by atoms with E-state index in [0.717, 1.165) is 21.2 Å². The van der Waals surface area contributed by atoms with Crippen LogP contribution in [0.1, 0.15) is 56.8 Å². The Morgan fingerprint density at radius 2 is 1.59 bits per heavy atom. The normalized spacial score (nSPS) is 13.6. The number of benzene rings is 2. The Labute approximate surface area is 182 Å². The fraction of sp³-hybridized carbons (Fsp3) is 0.417. The summed E-state index contributed by atoms with van der Waals surface area (Å²) in [6.45, 7) is 9.42. The summed E-state index contributed by atoms with van der Waals surface area (Å²) in [6.07, 6.45) is -0.00164. The highest BCUT2D eigenvalue weighted by Crippen LogP contribution is 2.35. The minimum absolute atomic E-state index is 0.0639. The zero-order valence-corrected chi connectivity index (χ0v) is 19.4. The summed E-state index contributed by atoms with van der Waals surface area (Å²) in [5.41, 5.74) is 2.39. The molecule has 0 heterocycles. The smallest absolute Gasteiger partial charge is 0.408 e. The third-order valence-corrected chi connectivity index (χ3v) is 5.71. The van der Waals surface area contributed by atoms with Crippen molar-refractivity contribution in [3.8, 4) is 0 Å². The molecule has 2 unspecified atom stereocenters. The number of halogens is 1. The van der Waals surface area contributed by atoms with Crippen molar-refractivity contribution in [2.75, 3.05) is 0 Å². The van der Waals surface area contributed by atoms with Gasteiger partial charge in [0, 0.05) is 22.4 Å². The number of amides is 1. The number of rotatable bonds is 7. The van der Waals surface area contributed by atoms with Crippen LogP contribution in [0, 0.1) is 12.8 Å². The monoisotopic (exact) mass is 459 g/mol. The molecule has 2 aromatic rings. The van der Waals surface area contributed by atoms with Crippen molar-refractivity contribution in [3.63, 3.8) is 0 Å². The topological polar surface area (TPSA) is 57.6 Å². The van der Waals surface area contributed by atoms with Crippen LogP contribution in [0.15, 0.2) is 53.0 Å². The second kappa shape index (κ2) is 9.57. The van der Waals surface area contributed by atoms with Crippen LogP contribution in [-0.4, -0.2) is 27.4 Å². The summed E-state index contributed by atoms with van der Waals surface area (Å²) in [5, 5.41) is 9.97. The van der Waals surface area contributed by atoms with E-state index in [1.807, 2.05) is 83.1 Å². The lowest BCUT2D eigenvalue weighted by Gasteiger charge is -2.42. The number of carboxylic acid groups (broad SMARTS) is 1. The van der Waals surface area contributed by atoms with E-state index in [0.29, 0.717) is 12.8 Å². The molecule has 1 N–H and O–H groups in total. The maximum absolute atomic E-state index is 13.1. The summed E-state index contributed by atoms with van der Waals surface area (Å²) >= 11 is 3.42. The van der Waals surface area contributed by atoms with Gasteiger partial charge in [0.2, 0.25) is 0 Å². The van der Waals surface area contributed by atoms with Crippen LogP contribution in [0.25, 0.3) is 0 Å². The van der Waals surface area contributed by atoms with Gasteiger partial charge in [-0.1, -0.05) is 64.8 Å². The summed E-state index contributed by atoms with van der Waals surface area (Å²) in [4.78, 5) is 26.7. The van der Waals surface area contributed by atoms with Crippen LogP contribution >= 0.6 is 15.9 Å². The van der Waals surface area contributed by atoms with Gasteiger partial charge < -0.3 is 5.11 Å². The molecule has 0 aliphatic carbocycles. The van der Waals surface area contributed by atoms with E-state index in [9.17, 15) is 14.7 Å². The van der Waals surface area contributed by atoms with Crippen molar-refractivity contribution in [3.05, 3.63) is 69.7 Å². The van der Waals surface area contributed by atoms with E-state index in [1.54, 1.807) is 0 Å². The Hall–Kier alpha value is -2.14. The molecule has 2 aromatic carbocycles. The van der Waals surface area contributed by atoms with Gasteiger partial charge in [-0.2, -0.15) is 0 Å². The number of carbonyl (C=O) groups is 2. The zero-order valence-electron chi connectivity index (χ0n) is 17.8. The fourth-order valence-electron chi connectivity index (χ4n) is 3.57. The summed E-state index contributed by atoms with van der Waals surface area (Å²) in [7, 11) is 0. The molecule has 5 heteroatoms. The Bertz CT molecular complexity index is 838. The number of hydrogen-bond donors (Lipinski definition) is 1. The Morgan fingerprint density at radius 3 is 2.07 bits per heavy atom. The highest BCUT2D eigenvalue weighted by atomic mass is 79.9. The molecule has 0 bridgehead atoms. The summed E-state index contributed by atoms with van der Waals surface area (Å²) in [6, 6.07) is 15.2. The van der Waals surface area contributed by atoms with Crippen LogP contribution in [0.5, 0.6) is 0 Å². The van der Waals surface area contributed by atoms with Gasteiger partial charge in [0.1, 0.15) is 5.78 Å². The highest BCUT2D eigenvalue weighted by molar-refractivity contribution is 9.10. The first-order valence-corrected chi connectivity index (χ1v) is 10.7. The molecule has 0 aromatic heterocycles. The predicted octanol–water partition coefficient (Wildman–Crippen LogP) is 6.42. The fourth-order valence-corrected chi connectivity index (χ4v) is 3.83. The quantitative estimate of drug-likeness (QED) is 0.519. The van der Waals surface area contributed by atoms with Gasteiger partial charge in [0.25, 0.3) is 0 Å². The largest absolute Gasteiger partial charge is 0.465 e. The van der Waals surface area contributed by atoms with Gasteiger partial charge in [0.15, 0.2) is 0 Å². The van der Waals surface area contributed by atoms with Crippen LogP contribution < -0.4 is 0 Å². The van der Waals surface area contributed by atoms with Gasteiger partial charge in [-0.15, -0.1) is 0 Å². The Balaban J connectivity index is 2.30. The van der Waals surface area contributed by atoms with E-state index in [4.69, 9.17) is 0 Å². The van der Waals surface area contributed by atoms with Crippen molar-refractivity contribution in [1.29, 1.82) is 0 Å². The van der Waals surface area contributed by atoms with Crippen LogP contribution in [0.3, 0.4) is 0 Å². The molecule has 29 heavy (non-hydrogen) atoms. The summed E-state index contributed by atoms with van der Waals surface area (Å²) < 4.78 is 1.00. The lowest BCUT2D eigenvalue weighted by molar-refractivity contribution is -0.124. The number of carbonyl (C=O) groups excluding carboxylic acids is 1. The van der Waals surface area contributed by atoms with Gasteiger partial charge in [-0.25, -0.2) is 4.79 Å². The molecular formula is C24H30BrNO3. The highest BCUT2D eigenvalue weighted by Gasteiger charge is 2.39. The molecule has 0 aliphatic rings. The first kappa shape index (κ1) is 23.1. The van der Waals surface area contributed by atoms with E-state index in [1.165, 1.54) is 4.90 Å². The van der Waals surface area contributed by atoms with E-state index in [-0.39, 0.29) is 5.78 Å². The van der Waals surface area contributed by atoms with Crippen molar-refractivity contribution in [2.45, 2.75) is 59.0 Å². The number of ketones is 1. The molecule has 4 nitrogen and oxygen atoms in total. The van der Waals surface area contributed by atoms with Gasteiger partial charge in [-0.05, 0) is 57.4 Å². The molecule has 1 amide bonds. The molecule has 2 rings (SSSR count). The molecular weight excluding hydrogens is 430 g/mol. The molecule has 156 valence electrons. The van der Waals surface area contributed by atoms with Gasteiger partial charge in [0.05, 0.1) is 6.04 Å². The molecule has 0 aliphatic heterocycles. The molecule has 2 atom stereocenters. The third kappa shape index (κ3) is 6.17. The predicted molar refractivity (Wildman–Crippen MR) is 120 cm³/mol. The second-order valence-corrected chi connectivity index (χ2v) is 9.48. The third-order valence-electron chi connectivity index (χ3n) is 5.18. The molecule has 0 spiro atoms. The van der Waals surface area contributed by atoms with Crippen molar-refractivity contribution >= 4 is 27.8 Å². The van der Waals surface area contributed by atoms with Crippen LogP contribution in [0.2, 0.25) is 0 Å². The van der Waals surface area contributed by atoms with Gasteiger partial charge in [-0.3, -0.25) is 9.69 Å². The maximum Gasteiger partial charge on any atom is 0.408 e. The van der Waals surface area contributed by atoms with Crippen LogP contribution in [-0.2, 0) is 11.2 Å². The van der Waals surface area contributed by atoms with Crippen molar-refractivity contribution < 1.29 is 14.7 Å². The number of Topliss-reactive ketones (excluding diaryl/α,β-unsaturated/α-hetero) is 1. The minimum atomic E-state index is -1.02. The first-order chi connectivity index (χ1) is 13.5. The summed E-state index contributed by atoms with van der Waals surface area (Å²) in [5.74, 6) is -0.391. The van der Waals surface area contributed by atoms with Gasteiger partial charge >= 0.3 is 6.09 Å². The van der Waals surface area contributed by atoms with E-state index < -0.39 is 23.6 Å². The average molecular weight is 460 g/mol. The molecule has 0 radical (unpaired) electrons. The zero-order chi connectivity index (χ0) is 21.8. The van der Waals surface area contributed by atoms with Crippen LogP contribution in [0.4, 0.5) is 4.79 Å². The minimum Gasteiger partial charge on any atom is -0.465 e. The lowest BCUT2D eigenvalue weighted by Crippen LogP contribution is -2.50. The lowest BCUT2D eigenvalue weighted by atomic mass is 9.85. The Kier molecular flexibility index (Phi) is 7.64. The van der Waals surface area contributed by atoms with Crippen molar-refractivity contribution in [1.82, 2.24) is 4.90 Å². The molecule has 0 saturated heterocycles. The SMILES string of the molecule is Cc1ccc(C(C(C)C(=O)CCc2ccc(Br)cc2)N(C(=O)O)C(C)(C)C)cc1. The number of nitrogens with zero attached hydrogens (tertiary/aromatic N) is 1. The standard InChI is InChI=1S/C24H30BrNO3/c1-16-6-11-19(12-7-16)22(26(23(28)29)24(3,4)5)17(2)21(27)15-10-18-8-13-20(25)14-9-18/h6-9,11-14,17,22H,10,15H2,1-5H3,(H,28,29). The van der Waals surface area contributed by atoms with Crippen molar-refractivity contribution in [2.24, 2.45) is 5.92 Å². The first-order valence-electron chi connectivity index (χ1n) is 9.86. The second-order valence-electron chi connectivity index (χ2n) is 8.56. The number of aryl methyl sites for hydroxylation is 2. The number of hydrogen-bond acceptors (Lipinski definition) is 2. The molecule has 0 fully saturated rings. The molecule has 0 saturated carbocycles. The van der Waals surface area contributed by atoms with E-state index in [2.05, 4.69) is 15.9 Å². The Morgan fingerprint density at radius 1 is 1.03 bits per heavy atom. The average Bonchev–Trinajstić information content (AvgIpc) is 2.64. The van der Waals surface area contributed by atoms with E-state index >= 15 is 0 Å². The maximum atomic E-state index is 13.1.